The average molecular weight is 423 g/mol. The Morgan fingerprint density at radius 1 is 1.08 bits per heavy atom. The van der Waals surface area contributed by atoms with Gasteiger partial charge in [0.1, 0.15) is 5.50 Å². The summed E-state index contributed by atoms with van der Waals surface area (Å²) in [6.07, 6.45) is 5.08. The number of halogens is 2. The average Bonchev–Trinajstić information content (AvgIpc) is 3.21. The molecule has 0 aliphatic rings. The number of nitrogens with zero attached hydrogens (tertiary/aromatic N) is 2. The van der Waals surface area contributed by atoms with Crippen LogP contribution in [0, 0.1) is 0 Å². The number of aromatic nitrogens is 2. The number of benzene rings is 2. The Morgan fingerprint density at radius 3 is 2.38 bits per heavy atom. The summed E-state index contributed by atoms with van der Waals surface area (Å²) in [5, 5.41) is -0.268. The van der Waals surface area contributed by atoms with Gasteiger partial charge < -0.3 is 4.57 Å². The molecule has 0 radical (unpaired) electrons. The fraction of sp³-hybridized carbons (Fsp3) is 0.158. The van der Waals surface area contributed by atoms with Crippen LogP contribution in [0.5, 0.6) is 0 Å². The third kappa shape index (κ3) is 4.65. The van der Waals surface area contributed by atoms with Crippen molar-refractivity contribution in [3.63, 3.8) is 0 Å². The van der Waals surface area contributed by atoms with Crippen LogP contribution >= 0.6 is 47.6 Å². The van der Waals surface area contributed by atoms with Gasteiger partial charge in [-0.1, -0.05) is 77.4 Å². The largest absolute Gasteiger partial charge is 0.319 e. The first-order valence-corrected chi connectivity index (χ1v) is 10.1. The first kappa shape index (κ1) is 19.4. The number of thiol groups is 1. The summed E-state index contributed by atoms with van der Waals surface area (Å²) in [6, 6.07) is 16.8. The third-order valence-corrected chi connectivity index (χ3v) is 6.68. The number of thioether (sulfide) groups is 1. The zero-order valence-corrected chi connectivity index (χ0v) is 16.8. The van der Waals surface area contributed by atoms with E-state index in [9.17, 15) is 4.79 Å². The summed E-state index contributed by atoms with van der Waals surface area (Å²) in [6.45, 7) is 0. The fourth-order valence-corrected chi connectivity index (χ4v) is 4.43. The lowest BCUT2D eigenvalue weighted by Gasteiger charge is -2.24. The van der Waals surface area contributed by atoms with Crippen molar-refractivity contribution in [2.24, 2.45) is 0 Å². The summed E-state index contributed by atoms with van der Waals surface area (Å²) in [5.74, 6) is 0. The highest BCUT2D eigenvalue weighted by molar-refractivity contribution is 8.15. The zero-order valence-electron chi connectivity index (χ0n) is 13.6. The molecule has 0 fully saturated rings. The minimum Gasteiger partial charge on any atom is -0.319 e. The number of alkyl halides is 1. The van der Waals surface area contributed by atoms with E-state index in [1.807, 2.05) is 42.5 Å². The van der Waals surface area contributed by atoms with Crippen molar-refractivity contribution in [2.45, 2.75) is 16.0 Å². The van der Waals surface area contributed by atoms with Crippen LogP contribution in [0.3, 0.4) is 0 Å². The molecule has 134 valence electrons. The molecule has 3 atom stereocenters. The maximum absolute atomic E-state index is 12.8. The molecule has 3 aromatic rings. The van der Waals surface area contributed by atoms with Crippen molar-refractivity contribution in [3.05, 3.63) is 89.5 Å². The van der Waals surface area contributed by atoms with E-state index in [4.69, 9.17) is 23.2 Å². The molecule has 3 nitrogen and oxygen atoms in total. The van der Waals surface area contributed by atoms with Gasteiger partial charge in [-0.05, 0) is 23.3 Å². The zero-order chi connectivity index (χ0) is 18.5. The van der Waals surface area contributed by atoms with Gasteiger partial charge in [0.25, 0.3) is 0 Å². The molecular weight excluding hydrogens is 407 g/mol. The second-order valence-corrected chi connectivity index (χ2v) is 8.15. The molecule has 0 aliphatic heterocycles. The topological polar surface area (TPSA) is 34.9 Å². The molecule has 0 amide bonds. The summed E-state index contributed by atoms with van der Waals surface area (Å²) >= 11 is 18.4. The van der Waals surface area contributed by atoms with Crippen LogP contribution in [0.4, 0.5) is 0 Å². The molecule has 3 rings (SSSR count). The minimum absolute atomic E-state index is 0.0646. The van der Waals surface area contributed by atoms with Gasteiger partial charge in [0.2, 0.25) is 5.12 Å². The molecule has 0 bridgehead atoms. The lowest BCUT2D eigenvalue weighted by Crippen LogP contribution is -2.13. The highest BCUT2D eigenvalue weighted by Gasteiger charge is 2.29. The molecule has 1 aromatic heterocycles. The second-order valence-electron chi connectivity index (χ2n) is 5.60. The maximum Gasteiger partial charge on any atom is 0.206 e. The molecule has 0 saturated heterocycles. The monoisotopic (exact) mass is 422 g/mol. The minimum atomic E-state index is -0.525. The van der Waals surface area contributed by atoms with Crippen molar-refractivity contribution < 1.29 is 4.79 Å². The Morgan fingerprint density at radius 2 is 1.77 bits per heavy atom. The van der Waals surface area contributed by atoms with E-state index in [2.05, 4.69) is 17.6 Å². The van der Waals surface area contributed by atoms with Crippen LogP contribution in [0.2, 0.25) is 5.02 Å². The molecule has 0 spiro atoms. The van der Waals surface area contributed by atoms with E-state index >= 15 is 0 Å². The Kier molecular flexibility index (Phi) is 6.70. The first-order valence-electron chi connectivity index (χ1n) is 7.87. The SMILES string of the molecule is O=C(SC(c1ccc(Cl)cc1)C(Cl)n1ccnc1)C(S)c1ccccc1. The van der Waals surface area contributed by atoms with Crippen molar-refractivity contribution >= 4 is 52.7 Å². The Labute approximate surface area is 172 Å². The molecule has 2 aromatic carbocycles. The van der Waals surface area contributed by atoms with Crippen LogP contribution in [-0.4, -0.2) is 14.7 Å². The molecule has 1 heterocycles. The van der Waals surface area contributed by atoms with Gasteiger partial charge in [-0.25, -0.2) is 4.98 Å². The Balaban J connectivity index is 1.85. The van der Waals surface area contributed by atoms with Crippen LogP contribution in [0.15, 0.2) is 73.3 Å². The smallest absolute Gasteiger partial charge is 0.206 e. The van der Waals surface area contributed by atoms with E-state index < -0.39 is 10.8 Å². The fourth-order valence-electron chi connectivity index (χ4n) is 2.47. The molecule has 0 aliphatic carbocycles. The summed E-state index contributed by atoms with van der Waals surface area (Å²) in [4.78, 5) is 16.9. The summed E-state index contributed by atoms with van der Waals surface area (Å²) < 4.78 is 1.77. The van der Waals surface area contributed by atoms with Crippen molar-refractivity contribution in [1.82, 2.24) is 9.55 Å². The van der Waals surface area contributed by atoms with E-state index in [1.54, 1.807) is 35.4 Å². The third-order valence-electron chi connectivity index (χ3n) is 3.84. The Hall–Kier alpha value is -1.40. The van der Waals surface area contributed by atoms with Crippen LogP contribution in [-0.2, 0) is 4.79 Å². The van der Waals surface area contributed by atoms with E-state index in [1.165, 1.54) is 11.8 Å². The van der Waals surface area contributed by atoms with Gasteiger partial charge in [0, 0.05) is 17.4 Å². The van der Waals surface area contributed by atoms with Gasteiger partial charge in [0.05, 0.1) is 16.8 Å². The van der Waals surface area contributed by atoms with Crippen LogP contribution in [0.25, 0.3) is 0 Å². The molecule has 26 heavy (non-hydrogen) atoms. The van der Waals surface area contributed by atoms with Gasteiger partial charge in [0.15, 0.2) is 0 Å². The highest BCUT2D eigenvalue weighted by atomic mass is 35.5. The van der Waals surface area contributed by atoms with Gasteiger partial charge in [-0.3, -0.25) is 4.79 Å². The lowest BCUT2D eigenvalue weighted by atomic mass is 10.1. The number of hydrogen-bond donors (Lipinski definition) is 1. The molecule has 0 N–H and O–H groups in total. The number of rotatable bonds is 6. The Bertz CT molecular complexity index is 842. The molecule has 7 heteroatoms. The normalized spacial score (nSPS) is 14.6. The van der Waals surface area contributed by atoms with Gasteiger partial charge in [-0.2, -0.15) is 12.6 Å². The highest BCUT2D eigenvalue weighted by Crippen LogP contribution is 2.44. The van der Waals surface area contributed by atoms with E-state index in [0.29, 0.717) is 5.02 Å². The quantitative estimate of drug-likeness (QED) is 0.393. The van der Waals surface area contributed by atoms with Crippen molar-refractivity contribution in [2.75, 3.05) is 0 Å². The van der Waals surface area contributed by atoms with E-state index in [0.717, 1.165) is 11.1 Å². The summed E-state index contributed by atoms with van der Waals surface area (Å²) in [7, 11) is 0. The van der Waals surface area contributed by atoms with Crippen molar-refractivity contribution in [3.8, 4) is 0 Å². The van der Waals surface area contributed by atoms with Crippen molar-refractivity contribution in [1.29, 1.82) is 0 Å². The molecule has 3 unspecified atom stereocenters. The predicted octanol–water partition coefficient (Wildman–Crippen LogP) is 5.95. The second kappa shape index (κ2) is 9.00. The van der Waals surface area contributed by atoms with Crippen LogP contribution < -0.4 is 0 Å². The lowest BCUT2D eigenvalue weighted by molar-refractivity contribution is -0.110. The predicted molar refractivity (Wildman–Crippen MR) is 112 cm³/mol. The number of carbonyl (C=O) groups is 1. The van der Waals surface area contributed by atoms with Crippen LogP contribution in [0.1, 0.15) is 27.1 Å². The maximum atomic E-state index is 12.8. The van der Waals surface area contributed by atoms with Gasteiger partial charge in [-0.15, -0.1) is 0 Å². The summed E-state index contributed by atoms with van der Waals surface area (Å²) in [5.41, 5.74) is 1.29. The molecular formula is C19H16Cl2N2OS2. The number of imidazole rings is 1. The first-order chi connectivity index (χ1) is 12.6. The number of carbonyl (C=O) groups excluding carboxylic acids is 1. The van der Waals surface area contributed by atoms with E-state index in [-0.39, 0.29) is 10.4 Å². The van der Waals surface area contributed by atoms with Gasteiger partial charge >= 0.3 is 0 Å². The number of hydrogen-bond acceptors (Lipinski definition) is 4. The molecule has 0 saturated carbocycles. The standard InChI is InChI=1S/C19H16Cl2N2OS2/c20-15-8-6-14(7-9-15)17(18(21)23-11-10-22-12-23)26-19(24)16(25)13-4-2-1-3-5-13/h1-12,16-18,25H.